The SMILES string of the molecule is Clc1cccc(C2(c3nc([C@@H]4CCOC4)no3)CCC2)c1. The van der Waals surface area contributed by atoms with Crippen molar-refractivity contribution in [3.63, 3.8) is 0 Å². The molecule has 1 aliphatic carbocycles. The lowest BCUT2D eigenvalue weighted by atomic mass is 9.64. The number of hydrogen-bond acceptors (Lipinski definition) is 4. The van der Waals surface area contributed by atoms with Gasteiger partial charge in [0.15, 0.2) is 5.82 Å². The van der Waals surface area contributed by atoms with Gasteiger partial charge in [-0.1, -0.05) is 35.3 Å². The number of benzene rings is 1. The summed E-state index contributed by atoms with van der Waals surface area (Å²) in [6.07, 6.45) is 4.23. The van der Waals surface area contributed by atoms with Crippen LogP contribution >= 0.6 is 11.6 Å². The van der Waals surface area contributed by atoms with Crippen molar-refractivity contribution < 1.29 is 9.26 Å². The molecule has 2 aliphatic rings. The molecule has 0 radical (unpaired) electrons. The highest BCUT2D eigenvalue weighted by Gasteiger charge is 2.45. The van der Waals surface area contributed by atoms with Crippen LogP contribution in [0.1, 0.15) is 48.9 Å². The molecule has 2 heterocycles. The lowest BCUT2D eigenvalue weighted by Crippen LogP contribution is -2.35. The van der Waals surface area contributed by atoms with E-state index in [1.807, 2.05) is 18.2 Å². The van der Waals surface area contributed by atoms with Crippen molar-refractivity contribution in [2.24, 2.45) is 0 Å². The van der Waals surface area contributed by atoms with E-state index in [-0.39, 0.29) is 11.3 Å². The smallest absolute Gasteiger partial charge is 0.237 e. The van der Waals surface area contributed by atoms with E-state index in [4.69, 9.17) is 25.8 Å². The predicted octanol–water partition coefficient (Wildman–Crippen LogP) is 3.70. The Labute approximate surface area is 128 Å². The van der Waals surface area contributed by atoms with Crippen LogP contribution in [0.25, 0.3) is 0 Å². The van der Waals surface area contributed by atoms with Crippen LogP contribution in [0.2, 0.25) is 5.02 Å². The van der Waals surface area contributed by atoms with Gasteiger partial charge in [0.1, 0.15) is 0 Å². The summed E-state index contributed by atoms with van der Waals surface area (Å²) in [5.74, 6) is 1.80. The minimum Gasteiger partial charge on any atom is -0.381 e. The Bertz CT molecular complexity index is 645. The number of ether oxygens (including phenoxy) is 1. The molecule has 110 valence electrons. The molecule has 4 nitrogen and oxygen atoms in total. The number of aromatic nitrogens is 2. The third-order valence-corrected chi connectivity index (χ3v) is 4.97. The molecule has 1 atom stereocenters. The zero-order chi connectivity index (χ0) is 14.3. The Kier molecular flexibility index (Phi) is 3.23. The summed E-state index contributed by atoms with van der Waals surface area (Å²) < 4.78 is 11.0. The average Bonchev–Trinajstić information content (AvgIpc) is 3.08. The first kappa shape index (κ1) is 13.3. The average molecular weight is 305 g/mol. The van der Waals surface area contributed by atoms with Crippen molar-refractivity contribution in [2.45, 2.75) is 37.0 Å². The van der Waals surface area contributed by atoms with E-state index in [0.29, 0.717) is 6.61 Å². The molecule has 1 aromatic carbocycles. The van der Waals surface area contributed by atoms with Crippen molar-refractivity contribution in [3.05, 3.63) is 46.6 Å². The van der Waals surface area contributed by atoms with Crippen molar-refractivity contribution >= 4 is 11.6 Å². The van der Waals surface area contributed by atoms with Crippen LogP contribution in [-0.2, 0) is 10.2 Å². The van der Waals surface area contributed by atoms with Gasteiger partial charge in [-0.2, -0.15) is 4.98 Å². The zero-order valence-electron chi connectivity index (χ0n) is 11.7. The quantitative estimate of drug-likeness (QED) is 0.867. The molecule has 1 saturated carbocycles. The largest absolute Gasteiger partial charge is 0.381 e. The van der Waals surface area contributed by atoms with Gasteiger partial charge in [-0.25, -0.2) is 0 Å². The van der Waals surface area contributed by atoms with Gasteiger partial charge < -0.3 is 9.26 Å². The summed E-state index contributed by atoms with van der Waals surface area (Å²) in [5.41, 5.74) is 1.04. The van der Waals surface area contributed by atoms with Crippen molar-refractivity contribution in [1.82, 2.24) is 10.1 Å². The van der Waals surface area contributed by atoms with Gasteiger partial charge in [0.2, 0.25) is 5.89 Å². The molecule has 0 N–H and O–H groups in total. The minimum atomic E-state index is -0.143. The van der Waals surface area contributed by atoms with Gasteiger partial charge >= 0.3 is 0 Å². The van der Waals surface area contributed by atoms with Crippen LogP contribution in [0.4, 0.5) is 0 Å². The molecule has 5 heteroatoms. The van der Waals surface area contributed by atoms with Gasteiger partial charge in [-0.05, 0) is 37.0 Å². The third-order valence-electron chi connectivity index (χ3n) is 4.73. The first-order chi connectivity index (χ1) is 10.3. The van der Waals surface area contributed by atoms with Gasteiger partial charge in [0.25, 0.3) is 0 Å². The Morgan fingerprint density at radius 2 is 2.19 bits per heavy atom. The molecule has 0 amide bonds. The standard InChI is InChI=1S/C16H17ClN2O2/c17-13-4-1-3-12(9-13)16(6-2-7-16)15-18-14(19-21-15)11-5-8-20-10-11/h1,3-4,9,11H,2,5-8,10H2/t11-/m1/s1. The molecular formula is C16H17ClN2O2. The second-order valence-electron chi connectivity index (χ2n) is 5.96. The predicted molar refractivity (Wildman–Crippen MR) is 78.6 cm³/mol. The summed E-state index contributed by atoms with van der Waals surface area (Å²) in [5, 5.41) is 4.95. The summed E-state index contributed by atoms with van der Waals surface area (Å²) in [7, 11) is 0. The fraction of sp³-hybridized carbons (Fsp3) is 0.500. The highest BCUT2D eigenvalue weighted by atomic mass is 35.5. The summed E-state index contributed by atoms with van der Waals surface area (Å²) in [6.45, 7) is 1.48. The maximum atomic E-state index is 6.15. The minimum absolute atomic E-state index is 0.143. The van der Waals surface area contributed by atoms with Gasteiger partial charge in [0.05, 0.1) is 12.0 Å². The van der Waals surface area contributed by atoms with Crippen LogP contribution in [0.5, 0.6) is 0 Å². The first-order valence-corrected chi connectivity index (χ1v) is 7.84. The molecule has 0 spiro atoms. The maximum absolute atomic E-state index is 6.15. The molecule has 2 aromatic rings. The van der Waals surface area contributed by atoms with E-state index in [0.717, 1.165) is 42.6 Å². The highest BCUT2D eigenvalue weighted by Crippen LogP contribution is 2.49. The Morgan fingerprint density at radius 3 is 2.86 bits per heavy atom. The topological polar surface area (TPSA) is 48.2 Å². The first-order valence-electron chi connectivity index (χ1n) is 7.46. The Balaban J connectivity index is 1.69. The fourth-order valence-corrected chi connectivity index (χ4v) is 3.47. The van der Waals surface area contributed by atoms with Crippen LogP contribution < -0.4 is 0 Å². The Morgan fingerprint density at radius 1 is 1.29 bits per heavy atom. The van der Waals surface area contributed by atoms with Crippen molar-refractivity contribution in [3.8, 4) is 0 Å². The number of hydrogen-bond donors (Lipinski definition) is 0. The van der Waals surface area contributed by atoms with Gasteiger partial charge in [-0.3, -0.25) is 0 Å². The van der Waals surface area contributed by atoms with Gasteiger partial charge in [-0.15, -0.1) is 0 Å². The second-order valence-corrected chi connectivity index (χ2v) is 6.40. The van der Waals surface area contributed by atoms with E-state index < -0.39 is 0 Å². The molecule has 0 unspecified atom stereocenters. The third kappa shape index (κ3) is 2.17. The fourth-order valence-electron chi connectivity index (χ4n) is 3.28. The summed E-state index contributed by atoms with van der Waals surface area (Å²) in [4.78, 5) is 4.69. The molecule has 1 aliphatic heterocycles. The van der Waals surface area contributed by atoms with Crippen molar-refractivity contribution in [1.29, 1.82) is 0 Å². The van der Waals surface area contributed by atoms with E-state index in [1.165, 1.54) is 12.0 Å². The summed E-state index contributed by atoms with van der Waals surface area (Å²) >= 11 is 6.15. The molecule has 21 heavy (non-hydrogen) atoms. The van der Waals surface area contributed by atoms with Crippen LogP contribution in [0.15, 0.2) is 28.8 Å². The zero-order valence-corrected chi connectivity index (χ0v) is 12.5. The number of halogens is 1. The molecular weight excluding hydrogens is 288 g/mol. The number of nitrogens with zero attached hydrogens (tertiary/aromatic N) is 2. The van der Waals surface area contributed by atoms with Crippen LogP contribution in [0, 0.1) is 0 Å². The monoisotopic (exact) mass is 304 g/mol. The van der Waals surface area contributed by atoms with Gasteiger partial charge in [0, 0.05) is 17.5 Å². The lowest BCUT2D eigenvalue weighted by molar-refractivity contribution is 0.192. The molecule has 0 bridgehead atoms. The Hall–Kier alpha value is -1.39. The molecule has 1 saturated heterocycles. The van der Waals surface area contributed by atoms with E-state index >= 15 is 0 Å². The van der Waals surface area contributed by atoms with E-state index in [2.05, 4.69) is 11.2 Å². The summed E-state index contributed by atoms with van der Waals surface area (Å²) in [6, 6.07) is 8.00. The highest BCUT2D eigenvalue weighted by molar-refractivity contribution is 6.30. The van der Waals surface area contributed by atoms with E-state index in [9.17, 15) is 0 Å². The molecule has 2 fully saturated rings. The molecule has 4 rings (SSSR count). The normalized spacial score (nSPS) is 24.0. The lowest BCUT2D eigenvalue weighted by Gasteiger charge is -2.39. The van der Waals surface area contributed by atoms with E-state index in [1.54, 1.807) is 0 Å². The second kappa shape index (κ2) is 5.11. The maximum Gasteiger partial charge on any atom is 0.237 e. The van der Waals surface area contributed by atoms with Crippen LogP contribution in [-0.4, -0.2) is 23.4 Å². The van der Waals surface area contributed by atoms with Crippen LogP contribution in [0.3, 0.4) is 0 Å². The molecule has 1 aromatic heterocycles. The van der Waals surface area contributed by atoms with Crippen molar-refractivity contribution in [2.75, 3.05) is 13.2 Å². The number of rotatable bonds is 3.